The van der Waals surface area contributed by atoms with E-state index >= 15 is 0 Å². The third-order valence-corrected chi connectivity index (χ3v) is 2.96. The fraction of sp³-hybridized carbons (Fsp3) is 0.429. The molecule has 0 bridgehead atoms. The standard InChI is InChI=1S/C14H20/c1-5-11(2)13(4)14-10-8-6-7-9-12(14)3/h5-6,8H,4,7,9-10H2,1-3H3/b11-5-. The maximum absolute atomic E-state index is 4.18. The van der Waals surface area contributed by atoms with Gasteiger partial charge in [-0.05, 0) is 56.8 Å². The number of hydrogen-bond donors (Lipinski definition) is 0. The first kappa shape index (κ1) is 11.0. The van der Waals surface area contributed by atoms with E-state index in [0.29, 0.717) is 0 Å². The van der Waals surface area contributed by atoms with Crippen molar-refractivity contribution in [3.8, 4) is 0 Å². The van der Waals surface area contributed by atoms with Gasteiger partial charge in [0.1, 0.15) is 0 Å². The van der Waals surface area contributed by atoms with Crippen LogP contribution in [0, 0.1) is 0 Å². The quantitative estimate of drug-likeness (QED) is 0.440. The van der Waals surface area contributed by atoms with Crippen LogP contribution in [0.5, 0.6) is 0 Å². The van der Waals surface area contributed by atoms with Crippen molar-refractivity contribution in [2.45, 2.75) is 40.0 Å². The maximum Gasteiger partial charge on any atom is -0.00922 e. The van der Waals surface area contributed by atoms with Crippen LogP contribution in [-0.4, -0.2) is 0 Å². The molecule has 1 rings (SSSR count). The number of hydrogen-bond acceptors (Lipinski definition) is 0. The van der Waals surface area contributed by atoms with Crippen molar-refractivity contribution in [3.63, 3.8) is 0 Å². The minimum Gasteiger partial charge on any atom is -0.0912 e. The highest BCUT2D eigenvalue weighted by molar-refractivity contribution is 5.47. The zero-order chi connectivity index (χ0) is 10.6. The summed E-state index contributed by atoms with van der Waals surface area (Å²) in [5.41, 5.74) is 5.46. The van der Waals surface area contributed by atoms with E-state index in [4.69, 9.17) is 0 Å². The molecule has 0 aromatic heterocycles. The van der Waals surface area contributed by atoms with Gasteiger partial charge in [0.15, 0.2) is 0 Å². The van der Waals surface area contributed by atoms with Gasteiger partial charge in [-0.15, -0.1) is 0 Å². The van der Waals surface area contributed by atoms with Crippen LogP contribution in [0.2, 0.25) is 0 Å². The largest absolute Gasteiger partial charge is 0.0912 e. The molecule has 0 amide bonds. The lowest BCUT2D eigenvalue weighted by Gasteiger charge is -2.12. The van der Waals surface area contributed by atoms with Crippen molar-refractivity contribution >= 4 is 0 Å². The van der Waals surface area contributed by atoms with Crippen molar-refractivity contribution in [1.29, 1.82) is 0 Å². The minimum absolute atomic E-state index is 1.05. The molecular formula is C14H20. The van der Waals surface area contributed by atoms with Gasteiger partial charge in [0.05, 0.1) is 0 Å². The van der Waals surface area contributed by atoms with E-state index in [-0.39, 0.29) is 0 Å². The van der Waals surface area contributed by atoms with Gasteiger partial charge in [-0.25, -0.2) is 0 Å². The smallest absolute Gasteiger partial charge is 0.00922 e. The van der Waals surface area contributed by atoms with Gasteiger partial charge in [-0.3, -0.25) is 0 Å². The Morgan fingerprint density at radius 2 is 2.14 bits per heavy atom. The van der Waals surface area contributed by atoms with Gasteiger partial charge in [-0.2, -0.15) is 0 Å². The molecule has 0 saturated carbocycles. The predicted octanol–water partition coefficient (Wildman–Crippen LogP) is 4.57. The van der Waals surface area contributed by atoms with Crippen molar-refractivity contribution < 1.29 is 0 Å². The van der Waals surface area contributed by atoms with Crippen molar-refractivity contribution in [1.82, 2.24) is 0 Å². The first-order valence-corrected chi connectivity index (χ1v) is 5.33. The Morgan fingerprint density at radius 1 is 1.43 bits per heavy atom. The fourth-order valence-corrected chi connectivity index (χ4v) is 1.74. The molecule has 0 heterocycles. The Labute approximate surface area is 87.7 Å². The molecule has 1 aliphatic carbocycles. The van der Waals surface area contributed by atoms with Gasteiger partial charge in [0, 0.05) is 0 Å². The van der Waals surface area contributed by atoms with Crippen LogP contribution in [-0.2, 0) is 0 Å². The lowest BCUT2D eigenvalue weighted by molar-refractivity contribution is 0.968. The predicted molar refractivity (Wildman–Crippen MR) is 64.3 cm³/mol. The molecular weight excluding hydrogens is 168 g/mol. The number of rotatable bonds is 2. The summed E-state index contributed by atoms with van der Waals surface area (Å²) >= 11 is 0. The average molecular weight is 188 g/mol. The zero-order valence-electron chi connectivity index (χ0n) is 9.56. The Kier molecular flexibility index (Phi) is 3.94. The van der Waals surface area contributed by atoms with Crippen LogP contribution in [0.25, 0.3) is 0 Å². The molecule has 1 aliphatic rings. The molecule has 76 valence electrons. The molecule has 0 fully saturated rings. The molecule has 0 saturated heterocycles. The summed E-state index contributed by atoms with van der Waals surface area (Å²) in [6, 6.07) is 0. The van der Waals surface area contributed by atoms with Crippen molar-refractivity contribution in [3.05, 3.63) is 47.1 Å². The first-order chi connectivity index (χ1) is 6.66. The average Bonchev–Trinajstić information content (AvgIpc) is 2.40. The highest BCUT2D eigenvalue weighted by Crippen LogP contribution is 2.28. The molecule has 0 heteroatoms. The van der Waals surface area contributed by atoms with Crippen molar-refractivity contribution in [2.75, 3.05) is 0 Å². The first-order valence-electron chi connectivity index (χ1n) is 5.33. The molecule has 14 heavy (non-hydrogen) atoms. The van der Waals surface area contributed by atoms with E-state index < -0.39 is 0 Å². The van der Waals surface area contributed by atoms with Gasteiger partial charge < -0.3 is 0 Å². The molecule has 0 atom stereocenters. The van der Waals surface area contributed by atoms with Gasteiger partial charge in [0.2, 0.25) is 0 Å². The van der Waals surface area contributed by atoms with E-state index in [2.05, 4.69) is 45.6 Å². The second kappa shape index (κ2) is 4.99. The van der Waals surface area contributed by atoms with Crippen LogP contribution in [0.4, 0.5) is 0 Å². The molecule has 0 spiro atoms. The number of allylic oxidation sites excluding steroid dienone is 7. The Balaban J connectivity index is 2.94. The topological polar surface area (TPSA) is 0 Å². The van der Waals surface area contributed by atoms with Crippen molar-refractivity contribution in [2.24, 2.45) is 0 Å². The maximum atomic E-state index is 4.18. The summed E-state index contributed by atoms with van der Waals surface area (Å²) in [6.07, 6.45) is 10.1. The minimum atomic E-state index is 1.05. The third-order valence-electron chi connectivity index (χ3n) is 2.96. The SMILES string of the molecule is C=C(C1=C(C)CCC=CC1)/C(C)=C\C. The second-order valence-corrected chi connectivity index (χ2v) is 3.92. The van der Waals surface area contributed by atoms with Crippen LogP contribution < -0.4 is 0 Å². The summed E-state index contributed by atoms with van der Waals surface area (Å²) in [5.74, 6) is 0. The summed E-state index contributed by atoms with van der Waals surface area (Å²) in [5, 5.41) is 0. The molecule has 0 unspecified atom stereocenters. The highest BCUT2D eigenvalue weighted by Gasteiger charge is 2.08. The van der Waals surface area contributed by atoms with E-state index in [0.717, 1.165) is 6.42 Å². The lowest BCUT2D eigenvalue weighted by Crippen LogP contribution is -1.93. The molecule has 0 aromatic rings. The molecule has 0 aliphatic heterocycles. The molecule has 0 radical (unpaired) electrons. The van der Waals surface area contributed by atoms with E-state index in [1.165, 1.54) is 35.1 Å². The van der Waals surface area contributed by atoms with Crippen LogP contribution in [0.15, 0.2) is 47.1 Å². The third kappa shape index (κ3) is 2.47. The Bertz CT molecular complexity index is 311. The second-order valence-electron chi connectivity index (χ2n) is 3.92. The summed E-state index contributed by atoms with van der Waals surface area (Å²) in [6.45, 7) is 10.6. The van der Waals surface area contributed by atoms with E-state index in [9.17, 15) is 0 Å². The lowest BCUT2D eigenvalue weighted by atomic mass is 9.93. The fourth-order valence-electron chi connectivity index (χ4n) is 1.74. The van der Waals surface area contributed by atoms with Crippen LogP contribution >= 0.6 is 0 Å². The summed E-state index contributed by atoms with van der Waals surface area (Å²) in [7, 11) is 0. The molecule has 0 N–H and O–H groups in total. The molecule has 0 aromatic carbocycles. The summed E-state index contributed by atoms with van der Waals surface area (Å²) < 4.78 is 0. The molecule has 0 nitrogen and oxygen atoms in total. The van der Waals surface area contributed by atoms with E-state index in [1.807, 2.05) is 0 Å². The van der Waals surface area contributed by atoms with Crippen LogP contribution in [0.3, 0.4) is 0 Å². The Hall–Kier alpha value is -1.04. The summed E-state index contributed by atoms with van der Waals surface area (Å²) in [4.78, 5) is 0. The monoisotopic (exact) mass is 188 g/mol. The normalized spacial score (nSPS) is 18.4. The van der Waals surface area contributed by atoms with Crippen LogP contribution in [0.1, 0.15) is 40.0 Å². The highest BCUT2D eigenvalue weighted by atomic mass is 14.1. The van der Waals surface area contributed by atoms with Gasteiger partial charge >= 0.3 is 0 Å². The van der Waals surface area contributed by atoms with Gasteiger partial charge in [-0.1, -0.05) is 30.4 Å². The van der Waals surface area contributed by atoms with Gasteiger partial charge in [0.25, 0.3) is 0 Å². The Morgan fingerprint density at radius 3 is 2.79 bits per heavy atom. The zero-order valence-corrected chi connectivity index (χ0v) is 9.56. The van der Waals surface area contributed by atoms with E-state index in [1.54, 1.807) is 0 Å².